The zero-order valence-electron chi connectivity index (χ0n) is 12.6. The molecule has 1 aliphatic heterocycles. The molecule has 0 unspecified atom stereocenters. The molecule has 5 heteroatoms. The lowest BCUT2D eigenvalue weighted by molar-refractivity contribution is 0.168. The Morgan fingerprint density at radius 1 is 1.24 bits per heavy atom. The summed E-state index contributed by atoms with van der Waals surface area (Å²) in [5.41, 5.74) is 5.71. The van der Waals surface area contributed by atoms with Crippen molar-refractivity contribution in [3.8, 4) is 11.5 Å². The quantitative estimate of drug-likeness (QED) is 0.784. The van der Waals surface area contributed by atoms with E-state index in [1.165, 1.54) is 0 Å². The first kappa shape index (κ1) is 16.0. The molecule has 4 nitrogen and oxygen atoms in total. The van der Waals surface area contributed by atoms with Crippen LogP contribution in [0.3, 0.4) is 0 Å². The van der Waals surface area contributed by atoms with E-state index in [-0.39, 0.29) is 0 Å². The van der Waals surface area contributed by atoms with Gasteiger partial charge in [0.25, 0.3) is 0 Å². The molecule has 1 fully saturated rings. The maximum Gasteiger partial charge on any atom is 0.161 e. The highest BCUT2D eigenvalue weighted by Crippen LogP contribution is 2.26. The van der Waals surface area contributed by atoms with Gasteiger partial charge in [-0.25, -0.2) is 0 Å². The fraction of sp³-hybridized carbons (Fsp3) is 0.562. The van der Waals surface area contributed by atoms with E-state index in [1.807, 2.05) is 31.2 Å². The number of rotatable bonds is 7. The van der Waals surface area contributed by atoms with E-state index in [9.17, 15) is 0 Å². The van der Waals surface area contributed by atoms with Crippen LogP contribution in [-0.4, -0.2) is 42.7 Å². The number of nitrogens with two attached hydrogens (primary N) is 1. The molecule has 1 aliphatic rings. The van der Waals surface area contributed by atoms with Gasteiger partial charge in [-0.15, -0.1) is 0 Å². The Morgan fingerprint density at radius 3 is 2.43 bits per heavy atom. The fourth-order valence-corrected chi connectivity index (χ4v) is 2.81. The molecule has 0 saturated carbocycles. The molecule has 0 radical (unpaired) electrons. The second-order valence-electron chi connectivity index (χ2n) is 5.25. The predicted molar refractivity (Wildman–Crippen MR) is 89.1 cm³/mol. The molecular weight excluding hydrogens is 284 g/mol. The molecule has 1 aromatic carbocycles. The number of nitrogens with zero attached hydrogens (tertiary/aromatic N) is 1. The van der Waals surface area contributed by atoms with Gasteiger partial charge in [0.05, 0.1) is 11.6 Å². The first-order chi connectivity index (χ1) is 10.2. The lowest BCUT2D eigenvalue weighted by Crippen LogP contribution is -2.39. The number of benzene rings is 1. The van der Waals surface area contributed by atoms with E-state index in [4.69, 9.17) is 27.4 Å². The third-order valence-corrected chi connectivity index (χ3v) is 4.14. The van der Waals surface area contributed by atoms with Crippen molar-refractivity contribution in [2.75, 3.05) is 32.8 Å². The van der Waals surface area contributed by atoms with Gasteiger partial charge in [0.1, 0.15) is 6.61 Å². The molecule has 0 aromatic heterocycles. The number of piperidine rings is 1. The van der Waals surface area contributed by atoms with Crippen LogP contribution in [0.4, 0.5) is 0 Å². The van der Waals surface area contributed by atoms with Crippen molar-refractivity contribution in [2.24, 2.45) is 11.7 Å². The molecule has 0 bridgehead atoms. The molecule has 116 valence electrons. The van der Waals surface area contributed by atoms with Gasteiger partial charge in [0.2, 0.25) is 0 Å². The molecule has 2 rings (SSSR count). The Bertz CT molecular complexity index is 459. The number of hydrogen-bond acceptors (Lipinski definition) is 4. The topological polar surface area (TPSA) is 47.7 Å². The van der Waals surface area contributed by atoms with Gasteiger partial charge in [-0.05, 0) is 45.0 Å². The smallest absolute Gasteiger partial charge is 0.161 e. The zero-order valence-corrected chi connectivity index (χ0v) is 13.4. The first-order valence-electron chi connectivity index (χ1n) is 7.57. The molecule has 2 N–H and O–H groups in total. The van der Waals surface area contributed by atoms with E-state index in [2.05, 4.69) is 4.90 Å². The van der Waals surface area contributed by atoms with Crippen molar-refractivity contribution in [2.45, 2.75) is 19.8 Å². The van der Waals surface area contributed by atoms with Gasteiger partial charge in [-0.1, -0.05) is 24.4 Å². The van der Waals surface area contributed by atoms with Crippen molar-refractivity contribution < 1.29 is 9.47 Å². The van der Waals surface area contributed by atoms with E-state index < -0.39 is 0 Å². The van der Waals surface area contributed by atoms with Crippen molar-refractivity contribution in [1.29, 1.82) is 0 Å². The average molecular weight is 308 g/mol. The summed E-state index contributed by atoms with van der Waals surface area (Å²) in [6.45, 7) is 6.29. The zero-order chi connectivity index (χ0) is 15.1. The van der Waals surface area contributed by atoms with Crippen molar-refractivity contribution in [3.05, 3.63) is 24.3 Å². The Kier molecular flexibility index (Phi) is 6.26. The Morgan fingerprint density at radius 2 is 1.86 bits per heavy atom. The van der Waals surface area contributed by atoms with Crippen molar-refractivity contribution >= 4 is 17.2 Å². The number of ether oxygens (including phenoxy) is 2. The summed E-state index contributed by atoms with van der Waals surface area (Å²) < 4.78 is 11.4. The largest absolute Gasteiger partial charge is 0.490 e. The number of thiocarbonyl (C=S) groups is 1. The van der Waals surface area contributed by atoms with Crippen LogP contribution in [0.1, 0.15) is 19.8 Å². The van der Waals surface area contributed by atoms with Gasteiger partial charge >= 0.3 is 0 Å². The molecule has 0 atom stereocenters. The highest BCUT2D eigenvalue weighted by Gasteiger charge is 2.20. The van der Waals surface area contributed by atoms with Crippen LogP contribution < -0.4 is 15.2 Å². The number of para-hydroxylation sites is 2. The monoisotopic (exact) mass is 308 g/mol. The molecule has 1 heterocycles. The second-order valence-corrected chi connectivity index (χ2v) is 5.72. The van der Waals surface area contributed by atoms with Crippen LogP contribution in [0.25, 0.3) is 0 Å². The van der Waals surface area contributed by atoms with Crippen LogP contribution in [0.5, 0.6) is 11.5 Å². The summed E-state index contributed by atoms with van der Waals surface area (Å²) in [5.74, 6) is 2.04. The lowest BCUT2D eigenvalue weighted by atomic mass is 9.97. The van der Waals surface area contributed by atoms with Crippen LogP contribution in [0.15, 0.2) is 24.3 Å². The van der Waals surface area contributed by atoms with Gasteiger partial charge < -0.3 is 15.2 Å². The standard InChI is InChI=1S/C16H24N2O2S/c1-2-19-14-5-3-4-6-15(14)20-12-11-18-9-7-13(8-10-18)16(17)21/h3-6,13H,2,7-12H2,1H3,(H2,17,21). The minimum absolute atomic E-state index is 0.413. The summed E-state index contributed by atoms with van der Waals surface area (Å²) in [4.78, 5) is 3.06. The lowest BCUT2D eigenvalue weighted by Gasteiger charge is -2.31. The number of hydrogen-bond donors (Lipinski definition) is 1. The fourth-order valence-electron chi connectivity index (χ4n) is 2.57. The van der Waals surface area contributed by atoms with Crippen LogP contribution >= 0.6 is 12.2 Å². The van der Waals surface area contributed by atoms with Crippen molar-refractivity contribution in [1.82, 2.24) is 4.90 Å². The minimum Gasteiger partial charge on any atom is -0.490 e. The van der Waals surface area contributed by atoms with E-state index in [0.29, 0.717) is 24.1 Å². The van der Waals surface area contributed by atoms with Gasteiger partial charge in [-0.3, -0.25) is 4.90 Å². The van der Waals surface area contributed by atoms with E-state index in [1.54, 1.807) is 0 Å². The van der Waals surface area contributed by atoms with Gasteiger partial charge in [0.15, 0.2) is 11.5 Å². The van der Waals surface area contributed by atoms with Crippen molar-refractivity contribution in [3.63, 3.8) is 0 Å². The van der Waals surface area contributed by atoms with Gasteiger partial charge in [-0.2, -0.15) is 0 Å². The summed E-state index contributed by atoms with van der Waals surface area (Å²) in [7, 11) is 0. The van der Waals surface area contributed by atoms with Crippen LogP contribution in [-0.2, 0) is 0 Å². The molecule has 1 aromatic rings. The summed E-state index contributed by atoms with van der Waals surface area (Å²) in [6.07, 6.45) is 2.12. The highest BCUT2D eigenvalue weighted by molar-refractivity contribution is 7.80. The normalized spacial score (nSPS) is 16.6. The molecule has 0 aliphatic carbocycles. The molecule has 1 saturated heterocycles. The Balaban J connectivity index is 1.74. The highest BCUT2D eigenvalue weighted by atomic mass is 32.1. The predicted octanol–water partition coefficient (Wildman–Crippen LogP) is 2.46. The molecule has 0 spiro atoms. The van der Waals surface area contributed by atoms with Crippen LogP contribution in [0.2, 0.25) is 0 Å². The second kappa shape index (κ2) is 8.20. The maximum absolute atomic E-state index is 5.85. The average Bonchev–Trinajstić information content (AvgIpc) is 2.50. The number of likely N-dealkylation sites (tertiary alicyclic amines) is 1. The summed E-state index contributed by atoms with van der Waals surface area (Å²) in [6, 6.07) is 7.81. The Labute approximate surface area is 132 Å². The van der Waals surface area contributed by atoms with Gasteiger partial charge in [0, 0.05) is 12.5 Å². The first-order valence-corrected chi connectivity index (χ1v) is 7.97. The third-order valence-electron chi connectivity index (χ3n) is 3.80. The van der Waals surface area contributed by atoms with Crippen LogP contribution in [0, 0.1) is 5.92 Å². The third kappa shape index (κ3) is 4.86. The summed E-state index contributed by atoms with van der Waals surface area (Å²) >= 11 is 5.07. The SMILES string of the molecule is CCOc1ccccc1OCCN1CCC(C(N)=S)CC1. The van der Waals surface area contributed by atoms with E-state index in [0.717, 1.165) is 44.0 Å². The minimum atomic E-state index is 0.413. The molecular formula is C16H24N2O2S. The molecule has 21 heavy (non-hydrogen) atoms. The molecule has 0 amide bonds. The van der Waals surface area contributed by atoms with E-state index >= 15 is 0 Å². The Hall–Kier alpha value is -1.33. The summed E-state index contributed by atoms with van der Waals surface area (Å²) in [5, 5.41) is 0. The maximum atomic E-state index is 5.85.